The highest BCUT2D eigenvalue weighted by Crippen LogP contribution is 2.35. The van der Waals surface area contributed by atoms with Crippen molar-refractivity contribution in [3.05, 3.63) is 35.4 Å². The fourth-order valence-electron chi connectivity index (χ4n) is 4.22. The summed E-state index contributed by atoms with van der Waals surface area (Å²) in [5.41, 5.74) is 0.243. The van der Waals surface area contributed by atoms with Crippen LogP contribution < -0.4 is 0 Å². The van der Waals surface area contributed by atoms with E-state index in [0.717, 1.165) is 30.5 Å². The molecule has 0 bridgehead atoms. The van der Waals surface area contributed by atoms with E-state index in [1.54, 1.807) is 0 Å². The van der Waals surface area contributed by atoms with Gasteiger partial charge in [-0.05, 0) is 62.1 Å². The average molecular weight is 383 g/mol. The number of piperidine rings is 1. The van der Waals surface area contributed by atoms with Crippen molar-refractivity contribution in [1.29, 1.82) is 0 Å². The third-order valence-corrected chi connectivity index (χ3v) is 5.94. The van der Waals surface area contributed by atoms with Crippen molar-refractivity contribution < 1.29 is 27.9 Å². The molecule has 1 heterocycles. The number of alkyl halides is 3. The number of hydrogen-bond acceptors (Lipinski definition) is 2. The smallest absolute Gasteiger partial charge is 0.416 e. The molecule has 2 aliphatic rings. The van der Waals surface area contributed by atoms with Gasteiger partial charge in [-0.15, -0.1) is 0 Å². The molecule has 1 N–H and O–H groups in total. The summed E-state index contributed by atoms with van der Waals surface area (Å²) in [6.45, 7) is 1.20. The second-order valence-corrected chi connectivity index (χ2v) is 7.61. The van der Waals surface area contributed by atoms with Gasteiger partial charge in [0.15, 0.2) is 0 Å². The maximum absolute atomic E-state index is 12.7. The maximum atomic E-state index is 12.7. The summed E-state index contributed by atoms with van der Waals surface area (Å²) >= 11 is 0. The highest BCUT2D eigenvalue weighted by Gasteiger charge is 2.34. The highest BCUT2D eigenvalue weighted by molar-refractivity contribution is 5.79. The summed E-state index contributed by atoms with van der Waals surface area (Å²) in [5, 5.41) is 9.05. The molecule has 7 heteroatoms. The van der Waals surface area contributed by atoms with E-state index < -0.39 is 17.7 Å². The van der Waals surface area contributed by atoms with Crippen molar-refractivity contribution in [2.75, 3.05) is 13.1 Å². The molecule has 1 amide bonds. The Morgan fingerprint density at radius 2 is 1.41 bits per heavy atom. The lowest BCUT2D eigenvalue weighted by molar-refractivity contribution is -0.146. The van der Waals surface area contributed by atoms with E-state index in [1.807, 2.05) is 4.90 Å². The van der Waals surface area contributed by atoms with Crippen LogP contribution in [0.3, 0.4) is 0 Å². The van der Waals surface area contributed by atoms with Crippen LogP contribution in [0.1, 0.15) is 55.6 Å². The van der Waals surface area contributed by atoms with Crippen LogP contribution in [0.15, 0.2) is 24.3 Å². The molecule has 1 aliphatic carbocycles. The van der Waals surface area contributed by atoms with Gasteiger partial charge in [-0.1, -0.05) is 12.1 Å². The Labute approximate surface area is 156 Å². The predicted molar refractivity (Wildman–Crippen MR) is 93.1 cm³/mol. The van der Waals surface area contributed by atoms with Gasteiger partial charge >= 0.3 is 12.1 Å². The van der Waals surface area contributed by atoms with E-state index in [1.165, 1.54) is 12.1 Å². The zero-order valence-corrected chi connectivity index (χ0v) is 15.0. The number of carbonyl (C=O) groups excluding carboxylic acids is 1. The standard InChI is InChI=1S/C20H24F3NO3/c21-20(22,23)17-7-5-13(6-8-17)14-9-11-24(12-10-14)18(25)15-1-3-16(4-2-15)19(26)27/h5-8,14-16H,1-4,9-12H2,(H,26,27). The second kappa shape index (κ2) is 7.90. The van der Waals surface area contributed by atoms with Gasteiger partial charge in [-0.3, -0.25) is 9.59 Å². The van der Waals surface area contributed by atoms with Crippen molar-refractivity contribution in [3.63, 3.8) is 0 Å². The van der Waals surface area contributed by atoms with Crippen LogP contribution in [0.2, 0.25) is 0 Å². The summed E-state index contributed by atoms with van der Waals surface area (Å²) in [4.78, 5) is 25.5. The monoisotopic (exact) mass is 383 g/mol. The average Bonchev–Trinajstić information content (AvgIpc) is 2.67. The van der Waals surface area contributed by atoms with E-state index in [-0.39, 0.29) is 23.7 Å². The fourth-order valence-corrected chi connectivity index (χ4v) is 4.22. The van der Waals surface area contributed by atoms with Crippen LogP contribution in [0.4, 0.5) is 13.2 Å². The highest BCUT2D eigenvalue weighted by atomic mass is 19.4. The Bertz CT molecular complexity index is 671. The molecule has 1 aromatic rings. The van der Waals surface area contributed by atoms with Gasteiger partial charge in [-0.25, -0.2) is 0 Å². The molecule has 3 rings (SSSR count). The van der Waals surface area contributed by atoms with Gasteiger partial charge in [0.1, 0.15) is 0 Å². The van der Waals surface area contributed by atoms with E-state index in [4.69, 9.17) is 5.11 Å². The van der Waals surface area contributed by atoms with Crippen molar-refractivity contribution in [1.82, 2.24) is 4.90 Å². The zero-order chi connectivity index (χ0) is 19.6. The number of carbonyl (C=O) groups is 2. The third kappa shape index (κ3) is 4.62. The molecular formula is C20H24F3NO3. The zero-order valence-electron chi connectivity index (χ0n) is 15.0. The number of amides is 1. The van der Waals surface area contributed by atoms with E-state index in [0.29, 0.717) is 38.8 Å². The van der Waals surface area contributed by atoms with Crippen LogP contribution in [0, 0.1) is 11.8 Å². The van der Waals surface area contributed by atoms with Crippen molar-refractivity contribution >= 4 is 11.9 Å². The largest absolute Gasteiger partial charge is 0.481 e. The first-order valence-corrected chi connectivity index (χ1v) is 9.44. The molecule has 2 fully saturated rings. The van der Waals surface area contributed by atoms with Crippen LogP contribution in [-0.4, -0.2) is 35.0 Å². The topological polar surface area (TPSA) is 57.6 Å². The summed E-state index contributed by atoms with van der Waals surface area (Å²) < 4.78 is 38.0. The van der Waals surface area contributed by atoms with Crippen LogP contribution in [-0.2, 0) is 15.8 Å². The van der Waals surface area contributed by atoms with Gasteiger partial charge < -0.3 is 10.0 Å². The van der Waals surface area contributed by atoms with Crippen molar-refractivity contribution in [2.24, 2.45) is 11.8 Å². The molecule has 27 heavy (non-hydrogen) atoms. The lowest BCUT2D eigenvalue weighted by Gasteiger charge is -2.36. The molecule has 1 saturated heterocycles. The lowest BCUT2D eigenvalue weighted by atomic mass is 9.81. The number of hydrogen-bond donors (Lipinski definition) is 1. The minimum atomic E-state index is -4.33. The van der Waals surface area contributed by atoms with Crippen LogP contribution in [0.25, 0.3) is 0 Å². The Morgan fingerprint density at radius 3 is 1.89 bits per heavy atom. The molecule has 0 spiro atoms. The number of likely N-dealkylation sites (tertiary alicyclic amines) is 1. The first-order valence-electron chi connectivity index (χ1n) is 9.44. The molecule has 0 atom stereocenters. The molecule has 0 radical (unpaired) electrons. The van der Waals surface area contributed by atoms with Crippen LogP contribution in [0.5, 0.6) is 0 Å². The fraction of sp³-hybridized carbons (Fsp3) is 0.600. The Balaban J connectivity index is 1.51. The number of nitrogens with zero attached hydrogens (tertiary/aromatic N) is 1. The van der Waals surface area contributed by atoms with Gasteiger partial charge in [0.25, 0.3) is 0 Å². The predicted octanol–water partition coefficient (Wildman–Crippen LogP) is 4.30. The number of halogens is 3. The third-order valence-electron chi connectivity index (χ3n) is 5.94. The molecule has 1 aliphatic heterocycles. The molecule has 0 aromatic heterocycles. The first-order chi connectivity index (χ1) is 12.8. The summed E-state index contributed by atoms with van der Waals surface area (Å²) in [6.07, 6.45) is -0.512. The normalized spacial score (nSPS) is 24.6. The Hall–Kier alpha value is -2.05. The Morgan fingerprint density at radius 1 is 0.889 bits per heavy atom. The van der Waals surface area contributed by atoms with Gasteiger partial charge in [0.05, 0.1) is 11.5 Å². The summed E-state index contributed by atoms with van der Waals surface area (Å²) in [7, 11) is 0. The van der Waals surface area contributed by atoms with Gasteiger partial charge in [-0.2, -0.15) is 13.2 Å². The summed E-state index contributed by atoms with van der Waals surface area (Å²) in [5.74, 6) is -0.940. The first kappa shape index (κ1) is 19.7. The number of rotatable bonds is 3. The van der Waals surface area contributed by atoms with E-state index in [2.05, 4.69) is 0 Å². The van der Waals surface area contributed by atoms with Gasteiger partial charge in [0.2, 0.25) is 5.91 Å². The molecule has 1 aromatic carbocycles. The number of carboxylic acid groups (broad SMARTS) is 1. The van der Waals surface area contributed by atoms with Crippen molar-refractivity contribution in [3.8, 4) is 0 Å². The lowest BCUT2D eigenvalue weighted by Crippen LogP contribution is -2.42. The van der Waals surface area contributed by atoms with E-state index in [9.17, 15) is 22.8 Å². The van der Waals surface area contributed by atoms with Gasteiger partial charge in [0, 0.05) is 19.0 Å². The minimum absolute atomic E-state index is 0.0942. The van der Waals surface area contributed by atoms with Crippen LogP contribution >= 0.6 is 0 Å². The number of carboxylic acids is 1. The van der Waals surface area contributed by atoms with Crippen molar-refractivity contribution in [2.45, 2.75) is 50.6 Å². The molecule has 1 saturated carbocycles. The SMILES string of the molecule is O=C(O)C1CCC(C(=O)N2CCC(c3ccc(C(F)(F)F)cc3)CC2)CC1. The molecule has 0 unspecified atom stereocenters. The minimum Gasteiger partial charge on any atom is -0.481 e. The molecule has 148 valence electrons. The number of benzene rings is 1. The summed E-state index contributed by atoms with van der Waals surface area (Å²) in [6, 6.07) is 5.32. The number of aliphatic carboxylic acids is 1. The maximum Gasteiger partial charge on any atom is 0.416 e. The Kier molecular flexibility index (Phi) is 5.77. The molecular weight excluding hydrogens is 359 g/mol. The molecule has 4 nitrogen and oxygen atoms in total. The second-order valence-electron chi connectivity index (χ2n) is 7.61. The quantitative estimate of drug-likeness (QED) is 0.847. The van der Waals surface area contributed by atoms with E-state index >= 15 is 0 Å².